The number of halogens is 3. The Bertz CT molecular complexity index is 1700. The van der Waals surface area contributed by atoms with Crippen LogP contribution in [-0.4, -0.2) is 87.5 Å². The average Bonchev–Trinajstić information content (AvgIpc) is 3.78. The van der Waals surface area contributed by atoms with Crippen molar-refractivity contribution in [2.75, 3.05) is 38.7 Å². The van der Waals surface area contributed by atoms with Crippen LogP contribution in [0.2, 0.25) is 0 Å². The fourth-order valence-corrected chi connectivity index (χ4v) is 8.34. The van der Waals surface area contributed by atoms with Crippen molar-refractivity contribution in [1.29, 1.82) is 0 Å². The lowest BCUT2D eigenvalue weighted by Crippen LogP contribution is -2.53. The topological polar surface area (TPSA) is 88.8 Å². The zero-order chi connectivity index (χ0) is 34.7. The zero-order valence-corrected chi connectivity index (χ0v) is 29.0. The normalized spacial score (nSPS) is 25.3. The molecule has 13 heteroatoms. The van der Waals surface area contributed by atoms with E-state index in [1.165, 1.54) is 11.0 Å². The van der Waals surface area contributed by atoms with E-state index < -0.39 is 23.1 Å². The van der Waals surface area contributed by atoms with Crippen LogP contribution in [0.4, 0.5) is 19.0 Å². The van der Waals surface area contributed by atoms with Crippen molar-refractivity contribution in [2.45, 2.75) is 95.3 Å². The Labute approximate surface area is 285 Å². The number of anilines is 1. The number of likely N-dealkylation sites (N-methyl/N-ethyl adjacent to an activating group) is 1. The smallest absolute Gasteiger partial charge is 0.416 e. The molecular formula is C36H46F3N7O3. The molecule has 0 spiro atoms. The molecule has 0 bridgehead atoms. The van der Waals surface area contributed by atoms with E-state index in [2.05, 4.69) is 40.9 Å². The summed E-state index contributed by atoms with van der Waals surface area (Å²) in [5.74, 6) is 1.21. The Morgan fingerprint density at radius 3 is 2.45 bits per heavy atom. The van der Waals surface area contributed by atoms with E-state index in [1.54, 1.807) is 19.5 Å². The quantitative estimate of drug-likeness (QED) is 0.290. The number of nitrogens with zero attached hydrogens (tertiary/aromatic N) is 7. The summed E-state index contributed by atoms with van der Waals surface area (Å²) >= 11 is 0. The molecule has 0 unspecified atom stereocenters. The predicted octanol–water partition coefficient (Wildman–Crippen LogP) is 5.58. The molecule has 0 N–H and O–H groups in total. The number of benzene rings is 1. The maximum absolute atomic E-state index is 14.7. The second-order valence-corrected chi connectivity index (χ2v) is 14.8. The average molecular weight is 682 g/mol. The zero-order valence-electron chi connectivity index (χ0n) is 29.0. The second kappa shape index (κ2) is 13.0. The molecule has 4 heterocycles. The SMILES string of the molecule is CO[C@H]1C[C@@](c2cc(OC3CCCC3)nc(N3Cc4c(cc(CN5CCN(C)C[C@@H]5C(C)C)cc4C(F)(F)F)C3=O)c2)(c2nncn2C)C1. The Morgan fingerprint density at radius 1 is 1.04 bits per heavy atom. The monoisotopic (exact) mass is 681 g/mol. The molecule has 3 aromatic rings. The lowest BCUT2D eigenvalue weighted by atomic mass is 9.62. The van der Waals surface area contributed by atoms with Crippen molar-refractivity contribution >= 4 is 11.7 Å². The maximum Gasteiger partial charge on any atom is 0.416 e. The van der Waals surface area contributed by atoms with Crippen LogP contribution in [0.5, 0.6) is 5.88 Å². The molecule has 1 aromatic carbocycles. The van der Waals surface area contributed by atoms with Gasteiger partial charge in [-0.3, -0.25) is 14.6 Å². The van der Waals surface area contributed by atoms with Gasteiger partial charge in [0.2, 0.25) is 5.88 Å². The van der Waals surface area contributed by atoms with Gasteiger partial charge in [0.25, 0.3) is 5.91 Å². The lowest BCUT2D eigenvalue weighted by Gasteiger charge is -2.46. The van der Waals surface area contributed by atoms with Crippen molar-refractivity contribution in [3.8, 4) is 5.88 Å². The summed E-state index contributed by atoms with van der Waals surface area (Å²) in [4.78, 5) is 24.9. The number of amides is 1. The first-order chi connectivity index (χ1) is 23.4. The van der Waals surface area contributed by atoms with E-state index in [1.807, 2.05) is 23.7 Å². The number of piperazine rings is 1. The van der Waals surface area contributed by atoms with Crippen LogP contribution in [0.1, 0.15) is 90.8 Å². The summed E-state index contributed by atoms with van der Waals surface area (Å²) in [5.41, 5.74) is 0.0255. The summed E-state index contributed by atoms with van der Waals surface area (Å²) in [6, 6.07) is 6.82. The van der Waals surface area contributed by atoms with E-state index in [9.17, 15) is 18.0 Å². The van der Waals surface area contributed by atoms with Crippen LogP contribution >= 0.6 is 0 Å². The van der Waals surface area contributed by atoms with E-state index in [0.717, 1.165) is 56.7 Å². The van der Waals surface area contributed by atoms with Crippen molar-refractivity contribution in [3.63, 3.8) is 0 Å². The third-order valence-electron chi connectivity index (χ3n) is 11.1. The largest absolute Gasteiger partial charge is 0.474 e. The number of ether oxygens (including phenoxy) is 2. The Morgan fingerprint density at radius 2 is 1.80 bits per heavy atom. The first-order valence-electron chi connectivity index (χ1n) is 17.4. The third-order valence-corrected chi connectivity index (χ3v) is 11.1. The number of fused-ring (bicyclic) bond motifs is 1. The Hall–Kier alpha value is -3.55. The van der Waals surface area contributed by atoms with Gasteiger partial charge in [-0.15, -0.1) is 10.2 Å². The number of carbonyl (C=O) groups excluding carboxylic acids is 1. The Kier molecular flexibility index (Phi) is 8.98. The molecule has 49 heavy (non-hydrogen) atoms. The van der Waals surface area contributed by atoms with Gasteiger partial charge in [-0.25, -0.2) is 0 Å². The van der Waals surface area contributed by atoms with Gasteiger partial charge in [-0.05, 0) is 86.4 Å². The fraction of sp³-hybridized carbons (Fsp3) is 0.611. The van der Waals surface area contributed by atoms with E-state index in [0.29, 0.717) is 36.7 Å². The summed E-state index contributed by atoms with van der Waals surface area (Å²) in [7, 11) is 5.63. The molecule has 0 radical (unpaired) electrons. The van der Waals surface area contributed by atoms with E-state index >= 15 is 0 Å². The molecule has 10 nitrogen and oxygen atoms in total. The molecule has 1 saturated heterocycles. The van der Waals surface area contributed by atoms with Crippen LogP contribution in [0, 0.1) is 5.92 Å². The summed E-state index contributed by atoms with van der Waals surface area (Å²) in [6.07, 6.45) is 2.18. The van der Waals surface area contributed by atoms with Crippen molar-refractivity contribution in [1.82, 2.24) is 29.5 Å². The first-order valence-corrected chi connectivity index (χ1v) is 17.4. The molecule has 2 aromatic heterocycles. The first kappa shape index (κ1) is 33.9. The van der Waals surface area contributed by atoms with Crippen LogP contribution in [0.3, 0.4) is 0 Å². The number of hydrogen-bond donors (Lipinski definition) is 0. The van der Waals surface area contributed by atoms with Gasteiger partial charge in [-0.1, -0.05) is 13.8 Å². The van der Waals surface area contributed by atoms with Gasteiger partial charge in [0, 0.05) is 58.0 Å². The lowest BCUT2D eigenvalue weighted by molar-refractivity contribution is -0.138. The maximum atomic E-state index is 14.7. The van der Waals surface area contributed by atoms with Gasteiger partial charge in [0.15, 0.2) is 0 Å². The molecule has 3 fully saturated rings. The second-order valence-electron chi connectivity index (χ2n) is 14.8. The van der Waals surface area contributed by atoms with Gasteiger partial charge in [0.05, 0.1) is 23.6 Å². The van der Waals surface area contributed by atoms with E-state index in [-0.39, 0.29) is 41.7 Å². The number of hydrogen-bond acceptors (Lipinski definition) is 8. The number of alkyl halides is 3. The minimum atomic E-state index is -4.63. The van der Waals surface area contributed by atoms with Crippen molar-refractivity contribution in [2.24, 2.45) is 13.0 Å². The summed E-state index contributed by atoms with van der Waals surface area (Å²) < 4.78 is 58.2. The standard InChI is InChI=1S/C36H46F3N7O3/c1-22(2)30-20-43(3)10-11-45(30)18-23-12-27-28(29(13-23)36(37,38)39)19-46(33(27)47)31-14-24(15-32(41-31)49-25-8-6-7-9-25)35(16-26(17-35)48-5)34-42-40-21-44(34)4/h12-15,21-22,25-26,30H,6-11,16-20H2,1-5H3/t26-,30-,35+/m1/s1. The number of methoxy groups -OCH3 is 1. The van der Waals surface area contributed by atoms with Crippen molar-refractivity contribution < 1.29 is 27.4 Å². The number of pyridine rings is 1. The summed E-state index contributed by atoms with van der Waals surface area (Å²) in [6.45, 7) is 6.81. The van der Waals surface area contributed by atoms with E-state index in [4.69, 9.17) is 14.5 Å². The molecule has 1 atom stereocenters. The van der Waals surface area contributed by atoms with Crippen LogP contribution < -0.4 is 9.64 Å². The fourth-order valence-electron chi connectivity index (χ4n) is 8.34. The minimum Gasteiger partial charge on any atom is -0.474 e. The van der Waals surface area contributed by atoms with Crippen molar-refractivity contribution in [3.05, 3.63) is 64.2 Å². The molecule has 2 aliphatic carbocycles. The van der Waals surface area contributed by atoms with Gasteiger partial charge in [0.1, 0.15) is 24.1 Å². The molecule has 2 saturated carbocycles. The highest BCUT2D eigenvalue weighted by Crippen LogP contribution is 2.51. The molecule has 264 valence electrons. The summed E-state index contributed by atoms with van der Waals surface area (Å²) in [5, 5.41) is 8.60. The highest BCUT2D eigenvalue weighted by atomic mass is 19.4. The third kappa shape index (κ3) is 6.33. The molecule has 1 amide bonds. The molecule has 4 aliphatic rings. The van der Waals surface area contributed by atoms with Crippen LogP contribution in [0.25, 0.3) is 0 Å². The van der Waals surface area contributed by atoms with Crippen LogP contribution in [0.15, 0.2) is 30.6 Å². The van der Waals surface area contributed by atoms with Gasteiger partial charge in [-0.2, -0.15) is 18.2 Å². The highest BCUT2D eigenvalue weighted by Gasteiger charge is 2.51. The number of aromatic nitrogens is 4. The van der Waals surface area contributed by atoms with Gasteiger partial charge < -0.3 is 18.9 Å². The van der Waals surface area contributed by atoms with Gasteiger partial charge >= 0.3 is 6.18 Å². The molecule has 7 rings (SSSR count). The minimum absolute atomic E-state index is 0.00597. The van der Waals surface area contributed by atoms with Crippen LogP contribution in [-0.2, 0) is 36.5 Å². The Balaban J connectivity index is 1.27. The number of rotatable bonds is 9. The number of carbonyl (C=O) groups is 1. The number of aryl methyl sites for hydroxylation is 1. The molecule has 2 aliphatic heterocycles. The predicted molar refractivity (Wildman–Crippen MR) is 177 cm³/mol. The highest BCUT2D eigenvalue weighted by molar-refractivity contribution is 6.10. The molecular weight excluding hydrogens is 635 g/mol.